The van der Waals surface area contributed by atoms with Crippen LogP contribution in [0.4, 0.5) is 0 Å². The number of ether oxygens (including phenoxy) is 4. The first kappa shape index (κ1) is 32.5. The van der Waals surface area contributed by atoms with Gasteiger partial charge in [-0.3, -0.25) is 9.59 Å². The lowest BCUT2D eigenvalue weighted by molar-refractivity contribution is -0.117. The number of hydrogen-bond acceptors (Lipinski definition) is 9. The zero-order valence-corrected chi connectivity index (χ0v) is 27.5. The van der Waals surface area contributed by atoms with Crippen molar-refractivity contribution < 1.29 is 33.3 Å². The van der Waals surface area contributed by atoms with Gasteiger partial charge >= 0.3 is 5.97 Å². The fraction of sp³-hybridized carbons (Fsp3) is 0.0968. The number of carbonyl (C=O) groups excluding carboxylic acids is 3. The molecule has 0 saturated heterocycles. The third-order valence-corrected chi connectivity index (χ3v) is 7.73. The minimum atomic E-state index is -0.712. The smallest absolute Gasteiger partial charge is 0.343 e. The Balaban J connectivity index is 1.57. The highest BCUT2D eigenvalue weighted by molar-refractivity contribution is 9.11. The summed E-state index contributed by atoms with van der Waals surface area (Å²) in [6.45, 7) is 0. The fourth-order valence-electron chi connectivity index (χ4n) is 3.81. The van der Waals surface area contributed by atoms with E-state index in [1.54, 1.807) is 48.5 Å². The highest BCUT2D eigenvalue weighted by Crippen LogP contribution is 2.39. The van der Waals surface area contributed by atoms with Crippen molar-refractivity contribution in [1.29, 1.82) is 0 Å². The number of hydrogen-bond donors (Lipinski definition) is 2. The van der Waals surface area contributed by atoms with Gasteiger partial charge in [0, 0.05) is 20.5 Å². The van der Waals surface area contributed by atoms with Crippen LogP contribution in [0.5, 0.6) is 23.0 Å². The van der Waals surface area contributed by atoms with Gasteiger partial charge in [-0.1, -0.05) is 40.2 Å². The minimum absolute atomic E-state index is 0.0112. The van der Waals surface area contributed by atoms with E-state index in [2.05, 4.69) is 47.7 Å². The van der Waals surface area contributed by atoms with Crippen LogP contribution in [0.25, 0.3) is 6.08 Å². The molecular weight excluding hydrogens is 718 g/mol. The molecule has 4 aromatic rings. The van der Waals surface area contributed by atoms with E-state index < -0.39 is 17.8 Å². The quantitative estimate of drug-likeness (QED) is 0.0596. The Morgan fingerprint density at radius 2 is 1.55 bits per heavy atom. The van der Waals surface area contributed by atoms with Gasteiger partial charge in [-0.25, -0.2) is 10.2 Å². The lowest BCUT2D eigenvalue weighted by Gasteiger charge is -2.15. The molecular formula is C31H25Br2N3O7S. The van der Waals surface area contributed by atoms with Crippen molar-refractivity contribution >= 4 is 73.3 Å². The summed E-state index contributed by atoms with van der Waals surface area (Å²) in [7, 11) is 4.34. The molecule has 0 unspecified atom stereocenters. The normalized spacial score (nSPS) is 11.2. The fourth-order valence-corrected chi connectivity index (χ4v) is 5.81. The van der Waals surface area contributed by atoms with Crippen molar-refractivity contribution in [3.63, 3.8) is 0 Å². The van der Waals surface area contributed by atoms with E-state index in [9.17, 15) is 14.4 Å². The van der Waals surface area contributed by atoms with Gasteiger partial charge < -0.3 is 24.3 Å². The Kier molecular flexibility index (Phi) is 11.3. The zero-order chi connectivity index (χ0) is 31.6. The summed E-state index contributed by atoms with van der Waals surface area (Å²) in [5, 5.41) is 8.57. The monoisotopic (exact) mass is 741 g/mol. The first-order valence-electron chi connectivity index (χ1n) is 12.7. The Bertz CT molecular complexity index is 1700. The van der Waals surface area contributed by atoms with E-state index in [0.717, 1.165) is 4.88 Å². The van der Waals surface area contributed by atoms with Gasteiger partial charge in [0.15, 0.2) is 17.2 Å². The van der Waals surface area contributed by atoms with Crippen LogP contribution in [0, 0.1) is 0 Å². The summed E-state index contributed by atoms with van der Waals surface area (Å²) in [5.74, 6) is -0.805. The maximum absolute atomic E-state index is 13.2. The van der Waals surface area contributed by atoms with Crippen LogP contribution in [-0.2, 0) is 4.79 Å². The number of halogens is 2. The molecule has 0 atom stereocenters. The molecule has 0 bridgehead atoms. The Labute approximate surface area is 273 Å². The molecule has 0 aliphatic heterocycles. The van der Waals surface area contributed by atoms with Crippen molar-refractivity contribution in [1.82, 2.24) is 10.7 Å². The van der Waals surface area contributed by atoms with Crippen molar-refractivity contribution in [2.24, 2.45) is 5.10 Å². The molecule has 1 aromatic heterocycles. The second kappa shape index (κ2) is 15.3. The zero-order valence-electron chi connectivity index (χ0n) is 23.6. The number of carbonyl (C=O) groups is 3. The van der Waals surface area contributed by atoms with E-state index >= 15 is 0 Å². The van der Waals surface area contributed by atoms with Gasteiger partial charge in [-0.05, 0) is 69.9 Å². The van der Waals surface area contributed by atoms with Crippen molar-refractivity contribution in [3.8, 4) is 23.0 Å². The molecule has 10 nitrogen and oxygen atoms in total. The summed E-state index contributed by atoms with van der Waals surface area (Å²) in [6.07, 6.45) is 2.86. The van der Waals surface area contributed by atoms with Crippen molar-refractivity contribution in [2.75, 3.05) is 21.3 Å². The lowest BCUT2D eigenvalue weighted by Crippen LogP contribution is -2.32. The van der Waals surface area contributed by atoms with Crippen molar-refractivity contribution in [2.45, 2.75) is 0 Å². The molecule has 0 radical (unpaired) electrons. The predicted octanol–water partition coefficient (Wildman–Crippen LogP) is 6.44. The maximum Gasteiger partial charge on any atom is 0.343 e. The van der Waals surface area contributed by atoms with E-state index in [1.165, 1.54) is 51.0 Å². The van der Waals surface area contributed by atoms with Gasteiger partial charge in [0.2, 0.25) is 5.75 Å². The highest BCUT2D eigenvalue weighted by Gasteiger charge is 2.21. The molecule has 0 spiro atoms. The van der Waals surface area contributed by atoms with E-state index in [-0.39, 0.29) is 28.5 Å². The van der Waals surface area contributed by atoms with Crippen LogP contribution in [-0.4, -0.2) is 45.3 Å². The van der Waals surface area contributed by atoms with Crippen LogP contribution in [0.3, 0.4) is 0 Å². The molecule has 2 N–H and O–H groups in total. The highest BCUT2D eigenvalue weighted by atomic mass is 79.9. The number of nitrogens with zero attached hydrogens (tertiary/aromatic N) is 1. The second-order valence-electron chi connectivity index (χ2n) is 8.70. The number of benzene rings is 3. The molecule has 3 aromatic carbocycles. The van der Waals surface area contributed by atoms with Gasteiger partial charge in [0.05, 0.1) is 37.6 Å². The Morgan fingerprint density at radius 1 is 0.841 bits per heavy atom. The number of nitrogens with one attached hydrogen (secondary N) is 2. The van der Waals surface area contributed by atoms with E-state index in [0.29, 0.717) is 25.8 Å². The topological polar surface area (TPSA) is 125 Å². The average molecular weight is 743 g/mol. The number of hydrazone groups is 1. The van der Waals surface area contributed by atoms with Crippen LogP contribution >= 0.6 is 43.2 Å². The maximum atomic E-state index is 13.2. The first-order chi connectivity index (χ1) is 21.2. The summed E-state index contributed by atoms with van der Waals surface area (Å²) < 4.78 is 22.8. The molecule has 0 aliphatic carbocycles. The van der Waals surface area contributed by atoms with Crippen LogP contribution in [0.2, 0.25) is 0 Å². The average Bonchev–Trinajstić information content (AvgIpc) is 3.54. The number of esters is 1. The molecule has 1 heterocycles. The molecule has 0 aliphatic rings. The number of amides is 2. The number of thiophene rings is 1. The molecule has 0 saturated carbocycles. The Morgan fingerprint density at radius 3 is 2.16 bits per heavy atom. The van der Waals surface area contributed by atoms with E-state index in [1.807, 2.05) is 17.5 Å². The van der Waals surface area contributed by atoms with Gasteiger partial charge in [0.25, 0.3) is 11.8 Å². The molecule has 226 valence electrons. The molecule has 44 heavy (non-hydrogen) atoms. The Hall–Kier alpha value is -4.46. The molecule has 0 fully saturated rings. The molecule has 4 rings (SSSR count). The van der Waals surface area contributed by atoms with Crippen LogP contribution in [0.1, 0.15) is 31.2 Å². The summed E-state index contributed by atoms with van der Waals surface area (Å²) in [4.78, 5) is 39.9. The number of rotatable bonds is 11. The summed E-state index contributed by atoms with van der Waals surface area (Å²) in [6, 6.07) is 18.4. The van der Waals surface area contributed by atoms with Gasteiger partial charge in [-0.2, -0.15) is 5.10 Å². The predicted molar refractivity (Wildman–Crippen MR) is 175 cm³/mol. The summed E-state index contributed by atoms with van der Waals surface area (Å²) >= 11 is 8.24. The minimum Gasteiger partial charge on any atom is -0.493 e. The SMILES string of the molecule is COc1cc(C(=O)Oc2c(Br)cc(Br)cc2C=NNC(=O)C(=Cc2cccs2)NC(=O)c2ccccc2)cc(OC)c1OC. The number of methoxy groups -OCH3 is 3. The van der Waals surface area contributed by atoms with E-state index in [4.69, 9.17) is 18.9 Å². The van der Waals surface area contributed by atoms with Gasteiger partial charge in [-0.15, -0.1) is 11.3 Å². The molecule has 2 amide bonds. The second-order valence-corrected chi connectivity index (χ2v) is 11.5. The summed E-state index contributed by atoms with van der Waals surface area (Å²) in [5.41, 5.74) is 3.30. The van der Waals surface area contributed by atoms with Crippen LogP contribution in [0.15, 0.2) is 91.9 Å². The lowest BCUT2D eigenvalue weighted by atomic mass is 10.1. The standard InChI is InChI=1S/C31H25Br2N3O7S/c1-40-25-13-19(14-26(41-2)28(25)42-3)31(39)43-27-20(12-21(32)15-23(27)33)17-34-36-30(38)24(16-22-10-7-11-44-22)35-29(37)18-8-5-4-6-9-18/h4-17H,1-3H3,(H,35,37)(H,36,38). The van der Waals surface area contributed by atoms with Crippen LogP contribution < -0.4 is 29.7 Å². The third-order valence-electron chi connectivity index (χ3n) is 5.86. The third kappa shape index (κ3) is 8.13. The first-order valence-corrected chi connectivity index (χ1v) is 15.2. The van der Waals surface area contributed by atoms with Gasteiger partial charge in [0.1, 0.15) is 5.70 Å². The largest absolute Gasteiger partial charge is 0.493 e. The van der Waals surface area contributed by atoms with Crippen molar-refractivity contribution in [3.05, 3.63) is 108 Å². The molecule has 13 heteroatoms.